The van der Waals surface area contributed by atoms with Gasteiger partial charge in [0.25, 0.3) is 11.5 Å². The summed E-state index contributed by atoms with van der Waals surface area (Å²) in [4.78, 5) is 27.2. The fourth-order valence-corrected chi connectivity index (χ4v) is 2.56. The smallest absolute Gasteiger partial charge is 0.261 e. The van der Waals surface area contributed by atoms with E-state index in [-0.39, 0.29) is 5.56 Å². The van der Waals surface area contributed by atoms with Crippen LogP contribution in [0.5, 0.6) is 0 Å². The van der Waals surface area contributed by atoms with Crippen LogP contribution in [0.1, 0.15) is 10.4 Å². The highest BCUT2D eigenvalue weighted by Gasteiger charge is 2.13. The van der Waals surface area contributed by atoms with Crippen molar-refractivity contribution in [1.82, 2.24) is 4.98 Å². The molecule has 120 valence electrons. The van der Waals surface area contributed by atoms with Crippen molar-refractivity contribution >= 4 is 34.8 Å². The van der Waals surface area contributed by atoms with Crippen LogP contribution in [0.25, 0.3) is 11.3 Å². The van der Waals surface area contributed by atoms with E-state index in [1.54, 1.807) is 18.2 Å². The van der Waals surface area contributed by atoms with E-state index in [1.165, 1.54) is 12.1 Å². The molecule has 24 heavy (non-hydrogen) atoms. The summed E-state index contributed by atoms with van der Waals surface area (Å²) in [5.41, 5.74) is 1.36. The summed E-state index contributed by atoms with van der Waals surface area (Å²) in [5, 5.41) is 3.36. The first kappa shape index (κ1) is 16.3. The summed E-state index contributed by atoms with van der Waals surface area (Å²) in [5.74, 6) is -0.556. The summed E-state index contributed by atoms with van der Waals surface area (Å²) in [6.07, 6.45) is 0. The maximum absolute atomic E-state index is 12.3. The summed E-state index contributed by atoms with van der Waals surface area (Å²) in [6, 6.07) is 17.2. The molecule has 0 radical (unpaired) electrons. The van der Waals surface area contributed by atoms with Gasteiger partial charge in [0.2, 0.25) is 0 Å². The number of carbonyl (C=O) groups is 1. The van der Waals surface area contributed by atoms with Gasteiger partial charge in [-0.25, -0.2) is 0 Å². The second-order valence-electron chi connectivity index (χ2n) is 5.06. The molecular formula is C18H12Cl2N2O2. The summed E-state index contributed by atoms with van der Waals surface area (Å²) < 4.78 is 0. The van der Waals surface area contributed by atoms with Crippen molar-refractivity contribution in [1.29, 1.82) is 0 Å². The molecule has 3 rings (SSSR count). The monoisotopic (exact) mass is 358 g/mol. The third-order valence-electron chi connectivity index (χ3n) is 3.42. The first-order chi connectivity index (χ1) is 11.5. The molecule has 0 saturated carbocycles. The van der Waals surface area contributed by atoms with Gasteiger partial charge in [0, 0.05) is 10.7 Å². The van der Waals surface area contributed by atoms with Crippen molar-refractivity contribution in [2.75, 3.05) is 5.32 Å². The molecule has 0 bridgehead atoms. The molecule has 6 heteroatoms. The third-order valence-corrected chi connectivity index (χ3v) is 3.98. The minimum absolute atomic E-state index is 0.00859. The molecule has 2 aromatic carbocycles. The average Bonchev–Trinajstić information content (AvgIpc) is 2.58. The predicted molar refractivity (Wildman–Crippen MR) is 96.9 cm³/mol. The first-order valence-corrected chi connectivity index (χ1v) is 7.85. The lowest BCUT2D eigenvalue weighted by Crippen LogP contribution is -2.23. The van der Waals surface area contributed by atoms with Crippen LogP contribution >= 0.6 is 23.2 Å². The largest absolute Gasteiger partial charge is 0.321 e. The maximum atomic E-state index is 12.3. The van der Waals surface area contributed by atoms with Crippen LogP contribution in [0.2, 0.25) is 10.0 Å². The fourth-order valence-electron chi connectivity index (χ4n) is 2.22. The number of benzene rings is 2. The van der Waals surface area contributed by atoms with E-state index in [4.69, 9.17) is 23.2 Å². The van der Waals surface area contributed by atoms with Gasteiger partial charge in [0.15, 0.2) is 0 Å². The van der Waals surface area contributed by atoms with Crippen LogP contribution in [0.3, 0.4) is 0 Å². The number of carbonyl (C=O) groups excluding carboxylic acids is 1. The Kier molecular flexibility index (Phi) is 4.69. The molecule has 0 atom stereocenters. The Labute approximate surface area is 148 Å². The van der Waals surface area contributed by atoms with Crippen LogP contribution in [-0.4, -0.2) is 10.9 Å². The standard InChI is InChI=1S/C18H12Cl2N2O2/c19-12-6-8-14(20)16(10-12)22-18(24)13-7-9-15(21-17(13)23)11-4-2-1-3-5-11/h1-10H,(H,21,23)(H,22,24). The number of hydrogen-bond donors (Lipinski definition) is 2. The van der Waals surface area contributed by atoms with Crippen molar-refractivity contribution in [3.05, 3.63) is 86.6 Å². The lowest BCUT2D eigenvalue weighted by Gasteiger charge is -2.08. The Morgan fingerprint density at radius 3 is 2.42 bits per heavy atom. The van der Waals surface area contributed by atoms with E-state index in [0.717, 1.165) is 5.56 Å². The topological polar surface area (TPSA) is 62.0 Å². The Morgan fingerprint density at radius 2 is 1.71 bits per heavy atom. The Balaban J connectivity index is 1.88. The van der Waals surface area contributed by atoms with Crippen molar-refractivity contribution in [3.63, 3.8) is 0 Å². The van der Waals surface area contributed by atoms with Gasteiger partial charge in [0.1, 0.15) is 5.56 Å². The van der Waals surface area contributed by atoms with Gasteiger partial charge < -0.3 is 10.3 Å². The highest BCUT2D eigenvalue weighted by molar-refractivity contribution is 6.35. The number of pyridine rings is 1. The van der Waals surface area contributed by atoms with Crippen molar-refractivity contribution in [2.24, 2.45) is 0 Å². The molecular weight excluding hydrogens is 347 g/mol. The third kappa shape index (κ3) is 3.50. The van der Waals surface area contributed by atoms with Gasteiger partial charge >= 0.3 is 0 Å². The van der Waals surface area contributed by atoms with E-state index in [1.807, 2.05) is 30.3 Å². The Bertz CT molecular complexity index is 953. The molecule has 0 saturated heterocycles. The van der Waals surface area contributed by atoms with E-state index >= 15 is 0 Å². The van der Waals surface area contributed by atoms with Gasteiger partial charge in [-0.3, -0.25) is 9.59 Å². The summed E-state index contributed by atoms with van der Waals surface area (Å²) in [7, 11) is 0. The van der Waals surface area contributed by atoms with E-state index in [0.29, 0.717) is 21.4 Å². The zero-order valence-electron chi connectivity index (χ0n) is 12.3. The second kappa shape index (κ2) is 6.91. The molecule has 0 unspecified atom stereocenters. The predicted octanol–water partition coefficient (Wildman–Crippen LogP) is 4.60. The van der Waals surface area contributed by atoms with Crippen LogP contribution in [-0.2, 0) is 0 Å². The summed E-state index contributed by atoms with van der Waals surface area (Å²) >= 11 is 11.9. The number of halogens is 2. The lowest BCUT2D eigenvalue weighted by molar-refractivity contribution is 0.102. The molecule has 2 N–H and O–H groups in total. The van der Waals surface area contributed by atoms with Gasteiger partial charge in [-0.1, -0.05) is 53.5 Å². The molecule has 0 aliphatic heterocycles. The first-order valence-electron chi connectivity index (χ1n) is 7.10. The van der Waals surface area contributed by atoms with E-state index in [9.17, 15) is 9.59 Å². The molecule has 1 heterocycles. The molecule has 4 nitrogen and oxygen atoms in total. The Morgan fingerprint density at radius 1 is 0.958 bits per heavy atom. The van der Waals surface area contributed by atoms with E-state index < -0.39 is 11.5 Å². The number of H-pyrrole nitrogens is 1. The SMILES string of the molecule is O=C(Nc1cc(Cl)ccc1Cl)c1ccc(-c2ccccc2)[nH]c1=O. The van der Waals surface area contributed by atoms with Crippen LogP contribution < -0.4 is 10.9 Å². The number of rotatable bonds is 3. The van der Waals surface area contributed by atoms with Gasteiger partial charge in [-0.2, -0.15) is 0 Å². The van der Waals surface area contributed by atoms with Gasteiger partial charge in [-0.05, 0) is 35.9 Å². The minimum atomic E-state index is -0.556. The van der Waals surface area contributed by atoms with Crippen LogP contribution in [0.15, 0.2) is 65.5 Å². The number of amides is 1. The number of anilines is 1. The summed E-state index contributed by atoms with van der Waals surface area (Å²) in [6.45, 7) is 0. The Hall–Kier alpha value is -2.56. The molecule has 0 aliphatic rings. The molecule has 1 aromatic heterocycles. The van der Waals surface area contributed by atoms with Gasteiger partial charge in [-0.15, -0.1) is 0 Å². The van der Waals surface area contributed by atoms with Crippen molar-refractivity contribution in [3.8, 4) is 11.3 Å². The highest BCUT2D eigenvalue weighted by atomic mass is 35.5. The normalized spacial score (nSPS) is 10.4. The highest BCUT2D eigenvalue weighted by Crippen LogP contribution is 2.25. The maximum Gasteiger partial charge on any atom is 0.261 e. The molecule has 0 aliphatic carbocycles. The lowest BCUT2D eigenvalue weighted by atomic mass is 10.1. The number of nitrogens with one attached hydrogen (secondary N) is 2. The van der Waals surface area contributed by atoms with Crippen molar-refractivity contribution in [2.45, 2.75) is 0 Å². The van der Waals surface area contributed by atoms with E-state index in [2.05, 4.69) is 10.3 Å². The molecule has 1 amide bonds. The average molecular weight is 359 g/mol. The number of aromatic amines is 1. The van der Waals surface area contributed by atoms with Crippen LogP contribution in [0, 0.1) is 0 Å². The second-order valence-corrected chi connectivity index (χ2v) is 5.90. The van der Waals surface area contributed by atoms with Crippen molar-refractivity contribution < 1.29 is 4.79 Å². The zero-order chi connectivity index (χ0) is 17.1. The van der Waals surface area contributed by atoms with Gasteiger partial charge in [0.05, 0.1) is 10.7 Å². The fraction of sp³-hybridized carbons (Fsp3) is 0. The molecule has 0 fully saturated rings. The quantitative estimate of drug-likeness (QED) is 0.718. The number of hydrogen-bond acceptors (Lipinski definition) is 2. The minimum Gasteiger partial charge on any atom is -0.321 e. The molecule has 3 aromatic rings. The number of aromatic nitrogens is 1. The molecule has 0 spiro atoms. The zero-order valence-corrected chi connectivity index (χ0v) is 13.9. The van der Waals surface area contributed by atoms with Crippen LogP contribution in [0.4, 0.5) is 5.69 Å².